The van der Waals surface area contributed by atoms with Crippen molar-refractivity contribution in [2.75, 3.05) is 13.3 Å². The van der Waals surface area contributed by atoms with E-state index >= 15 is 0 Å². The van der Waals surface area contributed by atoms with Gasteiger partial charge in [0.1, 0.15) is 0 Å². The Morgan fingerprint density at radius 1 is 1.24 bits per heavy atom. The van der Waals surface area contributed by atoms with Gasteiger partial charge in [-0.25, -0.2) is 0 Å². The van der Waals surface area contributed by atoms with E-state index in [1.807, 2.05) is 31.2 Å². The van der Waals surface area contributed by atoms with Crippen molar-refractivity contribution in [2.24, 2.45) is 0 Å². The zero-order chi connectivity index (χ0) is 18.1. The Morgan fingerprint density at radius 3 is 2.56 bits per heavy atom. The van der Waals surface area contributed by atoms with Crippen molar-refractivity contribution in [1.82, 2.24) is 9.88 Å². The molecule has 0 unspecified atom stereocenters. The molecule has 1 amide bonds. The number of hydrogen-bond donors (Lipinski definition) is 1. The molecule has 2 aromatic carbocycles. The Labute approximate surface area is 153 Å². The van der Waals surface area contributed by atoms with Crippen LogP contribution in [-0.4, -0.2) is 33.3 Å². The molecule has 0 spiro atoms. The molecule has 5 nitrogen and oxygen atoms in total. The number of carbonyl (C=O) groups is 1. The number of nitrogens with zero attached hydrogens (tertiary/aromatic N) is 1. The lowest BCUT2D eigenvalue weighted by Gasteiger charge is -2.25. The second-order valence-corrected chi connectivity index (χ2v) is 7.59. The van der Waals surface area contributed by atoms with Crippen molar-refractivity contribution in [3.05, 3.63) is 58.4 Å². The number of oxazole rings is 1. The molecule has 2 atom stereocenters. The van der Waals surface area contributed by atoms with Crippen LogP contribution in [-0.2, 0) is 10.8 Å². The van der Waals surface area contributed by atoms with Gasteiger partial charge in [0.2, 0.25) is 0 Å². The van der Waals surface area contributed by atoms with Gasteiger partial charge in [-0.05, 0) is 55.0 Å². The highest BCUT2D eigenvalue weighted by Gasteiger charge is 2.20. The van der Waals surface area contributed by atoms with Gasteiger partial charge < -0.3 is 14.3 Å². The molecule has 3 aromatic rings. The van der Waals surface area contributed by atoms with E-state index in [9.17, 15) is 9.00 Å². The normalized spacial score (nSPS) is 13.6. The summed E-state index contributed by atoms with van der Waals surface area (Å²) in [7, 11) is 0.746. The molecule has 3 rings (SSSR count). The molecule has 0 aliphatic carbocycles. The van der Waals surface area contributed by atoms with Gasteiger partial charge in [0.15, 0.2) is 5.58 Å². The monoisotopic (exact) mass is 374 g/mol. The lowest BCUT2D eigenvalue weighted by Crippen LogP contribution is -2.29. The number of benzene rings is 2. The third kappa shape index (κ3) is 3.57. The third-order valence-corrected chi connectivity index (χ3v) is 5.39. The van der Waals surface area contributed by atoms with Gasteiger partial charge in [-0.3, -0.25) is 9.00 Å². The van der Waals surface area contributed by atoms with Crippen LogP contribution < -0.4 is 0 Å². The van der Waals surface area contributed by atoms with Crippen molar-refractivity contribution in [3.63, 3.8) is 0 Å². The fourth-order valence-electron chi connectivity index (χ4n) is 2.62. The summed E-state index contributed by atoms with van der Waals surface area (Å²) in [5.41, 5.74) is 2.84. The van der Waals surface area contributed by atoms with E-state index in [1.165, 1.54) is 0 Å². The molecular formula is C18H18N2O3S2. The van der Waals surface area contributed by atoms with Gasteiger partial charge in [-0.15, -0.1) is 0 Å². The number of H-pyrrole nitrogens is 1. The molecule has 0 radical (unpaired) electrons. The second-order valence-electron chi connectivity index (χ2n) is 5.84. The Bertz CT molecular complexity index is 1010. The summed E-state index contributed by atoms with van der Waals surface area (Å²) < 4.78 is 16.9. The topological polar surface area (TPSA) is 66.3 Å². The van der Waals surface area contributed by atoms with Crippen LogP contribution in [0.3, 0.4) is 0 Å². The molecule has 0 aliphatic heterocycles. The summed E-state index contributed by atoms with van der Waals surface area (Å²) in [5.74, 6) is -0.111. The van der Waals surface area contributed by atoms with Crippen LogP contribution in [0.25, 0.3) is 11.1 Å². The smallest absolute Gasteiger partial charge is 0.266 e. The average molecular weight is 374 g/mol. The third-order valence-electron chi connectivity index (χ3n) is 4.26. The van der Waals surface area contributed by atoms with E-state index in [4.69, 9.17) is 16.6 Å². The van der Waals surface area contributed by atoms with Gasteiger partial charge in [0.05, 0.1) is 11.6 Å². The Hall–Kier alpha value is -2.25. The quantitative estimate of drug-likeness (QED) is 0.700. The molecule has 0 saturated heterocycles. The van der Waals surface area contributed by atoms with Crippen LogP contribution in [0.2, 0.25) is 0 Å². The zero-order valence-corrected chi connectivity index (χ0v) is 15.7. The number of fused-ring (bicyclic) bond motifs is 1. The van der Waals surface area contributed by atoms with Gasteiger partial charge in [-0.1, -0.05) is 12.1 Å². The maximum Gasteiger partial charge on any atom is 0.266 e. The minimum absolute atomic E-state index is 0.111. The number of aromatic nitrogens is 1. The van der Waals surface area contributed by atoms with E-state index in [0.29, 0.717) is 11.1 Å². The first kappa shape index (κ1) is 17.6. The van der Waals surface area contributed by atoms with Gasteiger partial charge >= 0.3 is 0 Å². The van der Waals surface area contributed by atoms with Gasteiger partial charge in [0.25, 0.3) is 10.7 Å². The molecule has 1 heterocycles. The van der Waals surface area contributed by atoms with E-state index in [2.05, 4.69) is 4.98 Å². The highest BCUT2D eigenvalue weighted by molar-refractivity contribution is 7.84. The summed E-state index contributed by atoms with van der Waals surface area (Å²) in [4.78, 5) is 18.4. The maximum atomic E-state index is 12.8. The summed E-state index contributed by atoms with van der Waals surface area (Å²) in [5, 5.41) is 0. The molecule has 0 aliphatic rings. The van der Waals surface area contributed by atoms with Crippen LogP contribution in [0.5, 0.6) is 0 Å². The van der Waals surface area contributed by atoms with Crippen molar-refractivity contribution >= 4 is 40.0 Å². The van der Waals surface area contributed by atoms with E-state index in [0.717, 1.165) is 16.0 Å². The number of amides is 1. The first-order valence-electron chi connectivity index (χ1n) is 7.70. The van der Waals surface area contributed by atoms with Crippen molar-refractivity contribution in [3.8, 4) is 0 Å². The number of nitrogens with one attached hydrogen (secondary N) is 1. The highest BCUT2D eigenvalue weighted by Crippen LogP contribution is 2.23. The van der Waals surface area contributed by atoms with Gasteiger partial charge in [0, 0.05) is 34.6 Å². The lowest BCUT2D eigenvalue weighted by atomic mass is 10.1. The van der Waals surface area contributed by atoms with Crippen LogP contribution in [0, 0.1) is 4.84 Å². The van der Waals surface area contributed by atoms with E-state index in [-0.39, 0.29) is 16.8 Å². The summed E-state index contributed by atoms with van der Waals surface area (Å²) in [6.07, 6.45) is 1.64. The average Bonchev–Trinajstić information content (AvgIpc) is 2.99. The maximum absolute atomic E-state index is 12.8. The summed E-state index contributed by atoms with van der Waals surface area (Å²) in [6, 6.07) is 12.6. The predicted molar refractivity (Wildman–Crippen MR) is 101 cm³/mol. The SMILES string of the molecule is C[C@H](c1ccc([S@](C)=O)cc1)N(C)C(=O)c1ccc2[nH]c(=S)oc2c1. The fraction of sp³-hybridized carbons (Fsp3) is 0.222. The molecule has 0 fully saturated rings. The largest absolute Gasteiger partial charge is 0.429 e. The minimum Gasteiger partial charge on any atom is -0.429 e. The first-order valence-corrected chi connectivity index (χ1v) is 9.67. The molecule has 0 saturated carbocycles. The number of hydrogen-bond acceptors (Lipinski definition) is 4. The van der Waals surface area contributed by atoms with Gasteiger partial charge in [-0.2, -0.15) is 0 Å². The number of rotatable bonds is 4. The molecule has 130 valence electrons. The van der Waals surface area contributed by atoms with Crippen LogP contribution in [0.1, 0.15) is 28.9 Å². The fourth-order valence-corrected chi connectivity index (χ4v) is 3.34. The molecule has 25 heavy (non-hydrogen) atoms. The number of carbonyl (C=O) groups excluding carboxylic acids is 1. The molecular weight excluding hydrogens is 356 g/mol. The standard InChI is InChI=1S/C18H18N2O3S2/c1-11(12-4-7-14(8-5-12)25(3)22)20(2)17(21)13-6-9-15-16(10-13)23-18(24)19-15/h4-11H,1-3H3,(H,19,24)/t11-,25+/m1/s1. The van der Waals surface area contributed by atoms with Crippen LogP contribution in [0.15, 0.2) is 51.8 Å². The van der Waals surface area contributed by atoms with Crippen molar-refractivity contribution in [1.29, 1.82) is 0 Å². The van der Waals surface area contributed by atoms with E-state index < -0.39 is 10.8 Å². The predicted octanol–water partition coefficient (Wildman–Crippen LogP) is 4.06. The Morgan fingerprint density at radius 2 is 1.92 bits per heavy atom. The first-order chi connectivity index (χ1) is 11.9. The highest BCUT2D eigenvalue weighted by atomic mass is 32.2. The minimum atomic E-state index is -1.01. The van der Waals surface area contributed by atoms with E-state index in [1.54, 1.807) is 36.4 Å². The van der Waals surface area contributed by atoms with Crippen LogP contribution >= 0.6 is 12.2 Å². The van der Waals surface area contributed by atoms with Crippen molar-refractivity contribution < 1.29 is 13.4 Å². The summed E-state index contributed by atoms with van der Waals surface area (Å²) >= 11 is 4.97. The lowest BCUT2D eigenvalue weighted by molar-refractivity contribution is 0.0742. The molecule has 7 heteroatoms. The molecule has 0 bridgehead atoms. The van der Waals surface area contributed by atoms with Crippen LogP contribution in [0.4, 0.5) is 0 Å². The molecule has 1 N–H and O–H groups in total. The Kier molecular flexibility index (Phi) is 4.87. The summed E-state index contributed by atoms with van der Waals surface area (Å²) in [6.45, 7) is 1.95. The Balaban J connectivity index is 1.84. The second kappa shape index (κ2) is 6.93. The number of aromatic amines is 1. The van der Waals surface area contributed by atoms with Crippen molar-refractivity contribution in [2.45, 2.75) is 17.9 Å². The molecule has 1 aromatic heterocycles. The zero-order valence-electron chi connectivity index (χ0n) is 14.1.